The van der Waals surface area contributed by atoms with E-state index in [1.807, 2.05) is 18.2 Å². The summed E-state index contributed by atoms with van der Waals surface area (Å²) in [6.07, 6.45) is 0. The van der Waals surface area contributed by atoms with Crippen LogP contribution in [-0.4, -0.2) is 36.3 Å². The van der Waals surface area contributed by atoms with Crippen molar-refractivity contribution in [3.63, 3.8) is 0 Å². The average molecular weight is 336 g/mol. The molecule has 1 aliphatic heterocycles. The lowest BCUT2D eigenvalue weighted by atomic mass is 10.2. The molecule has 0 atom stereocenters. The van der Waals surface area contributed by atoms with Crippen LogP contribution in [0.5, 0.6) is 0 Å². The van der Waals surface area contributed by atoms with Gasteiger partial charge in [0.05, 0.1) is 24.1 Å². The number of morpholine rings is 1. The summed E-state index contributed by atoms with van der Waals surface area (Å²) >= 11 is 0. The van der Waals surface area contributed by atoms with Gasteiger partial charge >= 0.3 is 0 Å². The predicted octanol–water partition coefficient (Wildman–Crippen LogP) is 2.37. The van der Waals surface area contributed by atoms with Crippen LogP contribution in [0.4, 0.5) is 11.6 Å². The largest absolute Gasteiger partial charge is 0.378 e. The quantitative estimate of drug-likeness (QED) is 0.765. The Morgan fingerprint density at radius 3 is 2.64 bits per heavy atom. The zero-order chi connectivity index (χ0) is 17.1. The van der Waals surface area contributed by atoms with Crippen LogP contribution in [0, 0.1) is 0 Å². The number of H-pyrrole nitrogens is 1. The van der Waals surface area contributed by atoms with E-state index in [0.29, 0.717) is 23.4 Å². The summed E-state index contributed by atoms with van der Waals surface area (Å²) in [5, 5.41) is 3.79. The molecule has 0 amide bonds. The first-order chi connectivity index (χ1) is 12.3. The van der Waals surface area contributed by atoms with E-state index in [1.54, 1.807) is 6.07 Å². The number of para-hydroxylation sites is 1. The van der Waals surface area contributed by atoms with E-state index in [4.69, 9.17) is 4.74 Å². The Kier molecular flexibility index (Phi) is 4.35. The second-order valence-electron chi connectivity index (χ2n) is 6.05. The second-order valence-corrected chi connectivity index (χ2v) is 6.05. The first kappa shape index (κ1) is 15.7. The fourth-order valence-corrected chi connectivity index (χ4v) is 3.00. The Bertz CT molecular complexity index is 915. The minimum Gasteiger partial charge on any atom is -0.378 e. The Morgan fingerprint density at radius 2 is 1.84 bits per heavy atom. The van der Waals surface area contributed by atoms with Gasteiger partial charge in [-0.05, 0) is 29.8 Å². The molecule has 0 radical (unpaired) electrons. The molecule has 1 fully saturated rings. The van der Waals surface area contributed by atoms with Crippen LogP contribution in [0.1, 0.15) is 5.56 Å². The van der Waals surface area contributed by atoms with Gasteiger partial charge in [0.1, 0.15) is 0 Å². The van der Waals surface area contributed by atoms with Crippen molar-refractivity contribution in [1.29, 1.82) is 0 Å². The van der Waals surface area contributed by atoms with Gasteiger partial charge in [-0.15, -0.1) is 0 Å². The van der Waals surface area contributed by atoms with Crippen LogP contribution in [-0.2, 0) is 11.3 Å². The molecule has 2 heterocycles. The van der Waals surface area contributed by atoms with Crippen molar-refractivity contribution >= 4 is 22.5 Å². The minimum absolute atomic E-state index is 0.129. The van der Waals surface area contributed by atoms with Crippen molar-refractivity contribution in [3.05, 3.63) is 64.4 Å². The highest BCUT2D eigenvalue weighted by Crippen LogP contribution is 2.17. The van der Waals surface area contributed by atoms with Gasteiger partial charge in [0, 0.05) is 25.3 Å². The Balaban J connectivity index is 1.45. The van der Waals surface area contributed by atoms with E-state index in [1.165, 1.54) is 5.69 Å². The van der Waals surface area contributed by atoms with Gasteiger partial charge in [-0.25, -0.2) is 4.98 Å². The molecule has 1 aliphatic rings. The molecule has 3 aromatic rings. The number of nitrogens with zero attached hydrogens (tertiary/aromatic N) is 2. The third-order valence-corrected chi connectivity index (χ3v) is 4.39. The van der Waals surface area contributed by atoms with Crippen molar-refractivity contribution in [2.24, 2.45) is 0 Å². The van der Waals surface area contributed by atoms with Crippen LogP contribution in [0.2, 0.25) is 0 Å². The van der Waals surface area contributed by atoms with Crippen molar-refractivity contribution in [1.82, 2.24) is 9.97 Å². The molecule has 0 saturated carbocycles. The molecule has 6 heteroatoms. The Hall–Kier alpha value is -2.86. The molecule has 0 spiro atoms. The van der Waals surface area contributed by atoms with Crippen LogP contribution < -0.4 is 15.8 Å². The maximum Gasteiger partial charge on any atom is 0.260 e. The number of hydrogen-bond donors (Lipinski definition) is 2. The number of benzene rings is 2. The maximum absolute atomic E-state index is 12.1. The number of rotatable bonds is 4. The minimum atomic E-state index is -0.129. The highest BCUT2D eigenvalue weighted by Gasteiger charge is 2.10. The number of nitrogens with one attached hydrogen (secondary N) is 2. The van der Waals surface area contributed by atoms with Gasteiger partial charge in [0.15, 0.2) is 0 Å². The number of anilines is 2. The summed E-state index contributed by atoms with van der Waals surface area (Å²) in [6.45, 7) is 4.03. The molecule has 2 N–H and O–H groups in total. The predicted molar refractivity (Wildman–Crippen MR) is 99.2 cm³/mol. The van der Waals surface area contributed by atoms with Gasteiger partial charge < -0.3 is 15.0 Å². The second kappa shape index (κ2) is 6.94. The smallest absolute Gasteiger partial charge is 0.260 e. The van der Waals surface area contributed by atoms with E-state index >= 15 is 0 Å². The van der Waals surface area contributed by atoms with E-state index in [0.717, 1.165) is 31.9 Å². The zero-order valence-electron chi connectivity index (χ0n) is 13.9. The fraction of sp³-hybridized carbons (Fsp3) is 0.263. The molecule has 0 bridgehead atoms. The molecular weight excluding hydrogens is 316 g/mol. The van der Waals surface area contributed by atoms with Crippen LogP contribution in [0.15, 0.2) is 53.3 Å². The van der Waals surface area contributed by atoms with Crippen LogP contribution >= 0.6 is 0 Å². The first-order valence-electron chi connectivity index (χ1n) is 8.44. The van der Waals surface area contributed by atoms with Crippen molar-refractivity contribution in [2.45, 2.75) is 6.54 Å². The Labute approximate surface area is 145 Å². The normalized spacial score (nSPS) is 14.6. The molecule has 128 valence electrons. The number of ether oxygens (including phenoxy) is 1. The topological polar surface area (TPSA) is 70.2 Å². The molecule has 2 aromatic carbocycles. The maximum atomic E-state index is 12.1. The summed E-state index contributed by atoms with van der Waals surface area (Å²) in [6, 6.07) is 15.8. The average Bonchev–Trinajstić information content (AvgIpc) is 2.68. The molecule has 0 unspecified atom stereocenters. The number of aromatic nitrogens is 2. The number of fused-ring (bicyclic) bond motifs is 1. The zero-order valence-corrected chi connectivity index (χ0v) is 13.9. The van der Waals surface area contributed by atoms with Crippen LogP contribution in [0.3, 0.4) is 0 Å². The molecule has 25 heavy (non-hydrogen) atoms. The summed E-state index contributed by atoms with van der Waals surface area (Å²) in [4.78, 5) is 21.6. The monoisotopic (exact) mass is 336 g/mol. The van der Waals surface area contributed by atoms with E-state index < -0.39 is 0 Å². The highest BCUT2D eigenvalue weighted by molar-refractivity contribution is 5.78. The van der Waals surface area contributed by atoms with Gasteiger partial charge in [0.25, 0.3) is 5.56 Å². The SMILES string of the molecule is O=c1[nH]c(NCc2ccc(N3CCOCC3)cc2)nc2ccccc12. The van der Waals surface area contributed by atoms with Crippen molar-refractivity contribution < 1.29 is 4.74 Å². The molecule has 1 aromatic heterocycles. The number of aromatic amines is 1. The summed E-state index contributed by atoms with van der Waals surface area (Å²) in [7, 11) is 0. The standard InChI is InChI=1S/C19H20N4O2/c24-18-16-3-1-2-4-17(16)21-19(22-18)20-13-14-5-7-15(8-6-14)23-9-11-25-12-10-23/h1-8H,9-13H2,(H2,20,21,22,24). The molecule has 1 saturated heterocycles. The molecule has 4 rings (SSSR count). The van der Waals surface area contributed by atoms with Crippen LogP contribution in [0.25, 0.3) is 10.9 Å². The molecule has 0 aliphatic carbocycles. The third kappa shape index (κ3) is 3.49. The number of hydrogen-bond acceptors (Lipinski definition) is 5. The summed E-state index contributed by atoms with van der Waals surface area (Å²) in [5.41, 5.74) is 2.91. The van der Waals surface area contributed by atoms with E-state index in [9.17, 15) is 4.79 Å². The molecule has 6 nitrogen and oxygen atoms in total. The first-order valence-corrected chi connectivity index (χ1v) is 8.44. The highest BCUT2D eigenvalue weighted by atomic mass is 16.5. The molecular formula is C19H20N4O2. The van der Waals surface area contributed by atoms with Gasteiger partial charge in [-0.1, -0.05) is 24.3 Å². The van der Waals surface area contributed by atoms with Crippen molar-refractivity contribution in [3.8, 4) is 0 Å². The fourth-order valence-electron chi connectivity index (χ4n) is 3.00. The van der Waals surface area contributed by atoms with Crippen molar-refractivity contribution in [2.75, 3.05) is 36.5 Å². The van der Waals surface area contributed by atoms with Gasteiger partial charge in [0.2, 0.25) is 5.95 Å². The van der Waals surface area contributed by atoms with E-state index in [-0.39, 0.29) is 5.56 Å². The Morgan fingerprint density at radius 1 is 1.08 bits per heavy atom. The summed E-state index contributed by atoms with van der Waals surface area (Å²) in [5.74, 6) is 0.487. The van der Waals surface area contributed by atoms with E-state index in [2.05, 4.69) is 44.5 Å². The van der Waals surface area contributed by atoms with Gasteiger partial charge in [-0.3, -0.25) is 9.78 Å². The lowest BCUT2D eigenvalue weighted by molar-refractivity contribution is 0.122. The third-order valence-electron chi connectivity index (χ3n) is 4.39. The lowest BCUT2D eigenvalue weighted by Crippen LogP contribution is -2.36. The van der Waals surface area contributed by atoms with Gasteiger partial charge in [-0.2, -0.15) is 0 Å². The summed E-state index contributed by atoms with van der Waals surface area (Å²) < 4.78 is 5.39. The lowest BCUT2D eigenvalue weighted by Gasteiger charge is -2.28.